The van der Waals surface area contributed by atoms with Crippen LogP contribution in [-0.4, -0.2) is 50.7 Å². The van der Waals surface area contributed by atoms with Gasteiger partial charge in [-0.25, -0.2) is 4.98 Å². The predicted molar refractivity (Wildman–Crippen MR) is 153 cm³/mol. The highest BCUT2D eigenvalue weighted by Crippen LogP contribution is 2.24. The van der Waals surface area contributed by atoms with E-state index in [0.717, 1.165) is 30.7 Å². The number of nitrogens with two attached hydrogens (primary N) is 2. The normalized spacial score (nSPS) is 15.0. The largest absolute Gasteiger partial charge is 0.508 e. The van der Waals surface area contributed by atoms with E-state index in [-0.39, 0.29) is 29.2 Å². The molecule has 1 saturated heterocycles. The first-order chi connectivity index (χ1) is 19.5. The molecule has 40 heavy (non-hydrogen) atoms. The number of nitrogen functional groups attached to an aromatic ring is 1. The number of aromatic hydroxyl groups is 1. The predicted octanol–water partition coefficient (Wildman–Crippen LogP) is 3.79. The van der Waals surface area contributed by atoms with Crippen LogP contribution in [0.2, 0.25) is 0 Å². The lowest BCUT2D eigenvalue weighted by Crippen LogP contribution is -2.88. The number of carbonyl (C=O) groups is 1. The number of hydrogen-bond acceptors (Lipinski definition) is 7. The number of para-hydroxylation sites is 1. The summed E-state index contributed by atoms with van der Waals surface area (Å²) in [5, 5.41) is 20.4. The molecule has 2 heterocycles. The van der Waals surface area contributed by atoms with E-state index < -0.39 is 0 Å². The zero-order valence-electron chi connectivity index (χ0n) is 22.2. The number of piperidine rings is 1. The number of aromatic nitrogens is 2. The molecule has 1 fully saturated rings. The molecule has 1 aliphatic rings. The van der Waals surface area contributed by atoms with E-state index in [1.807, 2.05) is 76.9 Å². The number of phenols is 1. The Morgan fingerprint density at radius 3 is 2.50 bits per heavy atom. The number of likely N-dealkylation sites (tertiary alicyclic amines) is 1. The third-order valence-electron chi connectivity index (χ3n) is 7.05. The lowest BCUT2D eigenvalue weighted by atomic mass is 10.0. The number of aryl methyl sites for hydroxylation is 1. The number of carbonyl (C=O) groups excluding carboxylic acids is 1. The van der Waals surface area contributed by atoms with Gasteiger partial charge in [-0.15, -0.1) is 0 Å². The first kappa shape index (κ1) is 26.8. The van der Waals surface area contributed by atoms with Crippen LogP contribution in [-0.2, 0) is 11.2 Å². The first-order valence-electron chi connectivity index (χ1n) is 13.4. The van der Waals surface area contributed by atoms with Crippen LogP contribution in [0.25, 0.3) is 0 Å². The molecule has 0 bridgehead atoms. The van der Waals surface area contributed by atoms with Gasteiger partial charge in [-0.05, 0) is 66.9 Å². The number of ether oxygens (including phenoxy) is 1. The quantitative estimate of drug-likeness (QED) is 0.239. The molecule has 9 nitrogen and oxygen atoms in total. The van der Waals surface area contributed by atoms with Gasteiger partial charge in [-0.1, -0.05) is 30.3 Å². The summed E-state index contributed by atoms with van der Waals surface area (Å²) in [6.07, 6.45) is 4.27. The number of amides is 1. The van der Waals surface area contributed by atoms with Crippen LogP contribution in [0.15, 0.2) is 85.2 Å². The average molecular weight is 538 g/mol. The van der Waals surface area contributed by atoms with E-state index in [1.54, 1.807) is 12.1 Å². The Morgan fingerprint density at radius 1 is 1.02 bits per heavy atom. The monoisotopic (exact) mass is 537 g/mol. The van der Waals surface area contributed by atoms with Crippen LogP contribution >= 0.6 is 0 Å². The number of quaternary nitrogens is 1. The van der Waals surface area contributed by atoms with E-state index in [4.69, 9.17) is 15.9 Å². The molecule has 4 aromatic rings. The topological polar surface area (TPSA) is 142 Å². The Bertz CT molecular complexity index is 1460. The standard InChI is InChI=1S/C31H32N6O3/c32-29(22-11-15-26(16-12-22)40-25-6-2-1-3-7-25)28-30(33)34-20-35-31(28)36-23-5-4-18-37(19-23)27(39)17-10-21-8-13-24(38)14-9-21/h1-3,6-9,11-16,20,23,32,38H,4-5,10,17-19H2,(H3,33,34,35,36)/p+1/t23-/m1/s1. The zero-order chi connectivity index (χ0) is 27.9. The molecular weight excluding hydrogens is 504 g/mol. The first-order valence-corrected chi connectivity index (χ1v) is 13.4. The van der Waals surface area contributed by atoms with Crippen molar-refractivity contribution < 1.29 is 20.0 Å². The van der Waals surface area contributed by atoms with Gasteiger partial charge >= 0.3 is 0 Å². The van der Waals surface area contributed by atoms with Gasteiger partial charge in [-0.3, -0.25) is 15.5 Å². The van der Waals surface area contributed by atoms with Crippen molar-refractivity contribution in [1.82, 2.24) is 14.9 Å². The number of phenolic OH excluding ortho intramolecular Hbond substituents is 1. The number of nitrogens with zero attached hydrogens (tertiary/aromatic N) is 3. The maximum Gasteiger partial charge on any atom is 0.239 e. The van der Waals surface area contributed by atoms with Crippen molar-refractivity contribution in [3.05, 3.63) is 102 Å². The number of rotatable bonds is 9. The number of nitrogens with one attached hydrogen (secondary N) is 1. The Morgan fingerprint density at radius 2 is 1.75 bits per heavy atom. The van der Waals surface area contributed by atoms with Gasteiger partial charge in [0.2, 0.25) is 11.7 Å². The lowest BCUT2D eigenvalue weighted by molar-refractivity contribution is -0.616. The third kappa shape index (κ3) is 6.62. The van der Waals surface area contributed by atoms with E-state index in [9.17, 15) is 9.90 Å². The highest BCUT2D eigenvalue weighted by atomic mass is 16.5. The van der Waals surface area contributed by atoms with Crippen molar-refractivity contribution >= 4 is 23.3 Å². The molecule has 0 aliphatic carbocycles. The second-order valence-corrected chi connectivity index (χ2v) is 9.91. The average Bonchev–Trinajstić information content (AvgIpc) is 2.98. The summed E-state index contributed by atoms with van der Waals surface area (Å²) in [7, 11) is 0. The van der Waals surface area contributed by atoms with E-state index in [1.165, 1.54) is 6.33 Å². The highest BCUT2D eigenvalue weighted by Gasteiger charge is 2.29. The van der Waals surface area contributed by atoms with E-state index in [2.05, 4.69) is 9.97 Å². The summed E-state index contributed by atoms with van der Waals surface area (Å²) in [6.45, 7) is 1.32. The summed E-state index contributed by atoms with van der Waals surface area (Å²) >= 11 is 0. The Balaban J connectivity index is 1.24. The summed E-state index contributed by atoms with van der Waals surface area (Å²) < 4.78 is 5.87. The van der Waals surface area contributed by atoms with Gasteiger partial charge in [0, 0.05) is 24.9 Å². The van der Waals surface area contributed by atoms with E-state index in [0.29, 0.717) is 42.1 Å². The van der Waals surface area contributed by atoms with Crippen LogP contribution in [0.4, 0.5) is 11.6 Å². The zero-order valence-corrected chi connectivity index (χ0v) is 22.2. The van der Waals surface area contributed by atoms with Crippen molar-refractivity contribution in [3.63, 3.8) is 0 Å². The smallest absolute Gasteiger partial charge is 0.239 e. The summed E-state index contributed by atoms with van der Waals surface area (Å²) in [5.41, 5.74) is 8.66. The number of hydrogen-bond donors (Lipinski definition) is 4. The molecule has 5 rings (SSSR count). The molecule has 1 atom stereocenters. The van der Waals surface area contributed by atoms with Crippen LogP contribution in [0.5, 0.6) is 17.2 Å². The second kappa shape index (κ2) is 12.4. The van der Waals surface area contributed by atoms with Crippen molar-refractivity contribution in [3.8, 4) is 17.2 Å². The molecule has 9 heteroatoms. The Hall–Kier alpha value is -4.76. The number of benzene rings is 3. The lowest BCUT2D eigenvalue weighted by Gasteiger charge is -2.31. The van der Waals surface area contributed by atoms with Crippen molar-refractivity contribution in [2.24, 2.45) is 0 Å². The minimum atomic E-state index is 0.0915. The van der Waals surface area contributed by atoms with Gasteiger partial charge in [-0.2, -0.15) is 4.98 Å². The van der Waals surface area contributed by atoms with Crippen LogP contribution < -0.4 is 15.8 Å². The van der Waals surface area contributed by atoms with E-state index >= 15 is 0 Å². The van der Waals surface area contributed by atoms with Gasteiger partial charge in [0.15, 0.2) is 0 Å². The van der Waals surface area contributed by atoms with Crippen molar-refractivity contribution in [2.75, 3.05) is 18.8 Å². The molecule has 1 amide bonds. The summed E-state index contributed by atoms with van der Waals surface area (Å²) in [5.74, 6) is 2.59. The molecule has 3 aromatic carbocycles. The van der Waals surface area contributed by atoms with Gasteiger partial charge in [0.25, 0.3) is 0 Å². The Labute approximate surface area is 233 Å². The minimum Gasteiger partial charge on any atom is -0.508 e. The fourth-order valence-electron chi connectivity index (χ4n) is 4.92. The van der Waals surface area contributed by atoms with Crippen molar-refractivity contribution in [1.29, 1.82) is 5.41 Å². The van der Waals surface area contributed by atoms with Crippen molar-refractivity contribution in [2.45, 2.75) is 31.7 Å². The second-order valence-electron chi connectivity index (χ2n) is 9.91. The maximum absolute atomic E-state index is 13.0. The SMILES string of the molecule is N=C(c1ccc(Oc2ccccc2)cc1)c1c(N)ncnc1[NH2+][C@@H]1CCCN(C(=O)CCc2ccc(O)cc2)C1. The van der Waals surface area contributed by atoms with Gasteiger partial charge in [0.1, 0.15) is 41.0 Å². The number of anilines is 1. The maximum atomic E-state index is 13.0. The molecule has 204 valence electrons. The van der Waals surface area contributed by atoms with Gasteiger partial charge in [0.05, 0.1) is 12.3 Å². The van der Waals surface area contributed by atoms with Crippen LogP contribution in [0, 0.1) is 5.41 Å². The van der Waals surface area contributed by atoms with Crippen LogP contribution in [0.1, 0.15) is 36.0 Å². The molecule has 0 unspecified atom stereocenters. The molecule has 1 aliphatic heterocycles. The Kier molecular flexibility index (Phi) is 8.32. The minimum absolute atomic E-state index is 0.0915. The molecule has 1 aromatic heterocycles. The molecule has 0 saturated carbocycles. The molecule has 0 spiro atoms. The van der Waals surface area contributed by atoms with Gasteiger partial charge < -0.3 is 20.5 Å². The summed E-state index contributed by atoms with van der Waals surface area (Å²) in [6, 6.07) is 23.9. The molecular formula is C31H33N6O3+. The fraction of sp³-hybridized carbons (Fsp3) is 0.226. The third-order valence-corrected chi connectivity index (χ3v) is 7.05. The summed E-state index contributed by atoms with van der Waals surface area (Å²) in [4.78, 5) is 23.5. The van der Waals surface area contributed by atoms with Crippen LogP contribution in [0.3, 0.4) is 0 Å². The molecule has 0 radical (unpaired) electrons. The fourth-order valence-corrected chi connectivity index (χ4v) is 4.92. The molecule has 6 N–H and O–H groups in total. The highest BCUT2D eigenvalue weighted by molar-refractivity contribution is 6.15.